The van der Waals surface area contributed by atoms with E-state index in [4.69, 9.17) is 0 Å². The van der Waals surface area contributed by atoms with Gasteiger partial charge in [0.05, 0.1) is 11.7 Å². The maximum atomic E-state index is 13.0. The summed E-state index contributed by atoms with van der Waals surface area (Å²) in [6.45, 7) is 0.699. The zero-order chi connectivity index (χ0) is 21.2. The Kier molecular flexibility index (Phi) is 5.33. The third kappa shape index (κ3) is 4.00. The van der Waals surface area contributed by atoms with E-state index in [2.05, 4.69) is 20.4 Å². The van der Waals surface area contributed by atoms with Crippen molar-refractivity contribution in [2.24, 2.45) is 0 Å². The summed E-state index contributed by atoms with van der Waals surface area (Å²) in [7, 11) is 0. The van der Waals surface area contributed by atoms with Crippen LogP contribution in [0.15, 0.2) is 47.9 Å². The molecule has 4 aromatic rings. The van der Waals surface area contributed by atoms with Crippen molar-refractivity contribution in [1.82, 2.24) is 29.6 Å². The first-order valence-corrected chi connectivity index (χ1v) is 11.2. The molecule has 4 aromatic heterocycles. The fraction of sp³-hybridized carbons (Fsp3) is 0.318. The van der Waals surface area contributed by atoms with E-state index in [-0.39, 0.29) is 17.9 Å². The molecule has 158 valence electrons. The number of hydrogen-bond acceptors (Lipinski definition) is 6. The van der Waals surface area contributed by atoms with Crippen molar-refractivity contribution < 1.29 is 4.79 Å². The van der Waals surface area contributed by atoms with Gasteiger partial charge in [0.15, 0.2) is 5.82 Å². The first-order valence-electron chi connectivity index (χ1n) is 10.4. The number of fused-ring (bicyclic) bond motifs is 3. The van der Waals surface area contributed by atoms with Gasteiger partial charge in [-0.2, -0.15) is 5.10 Å². The van der Waals surface area contributed by atoms with Crippen molar-refractivity contribution in [3.63, 3.8) is 0 Å². The highest BCUT2D eigenvalue weighted by Gasteiger charge is 2.20. The summed E-state index contributed by atoms with van der Waals surface area (Å²) >= 11 is 1.64. The molecular formula is C22H22N6O2S. The van der Waals surface area contributed by atoms with Crippen LogP contribution in [-0.2, 0) is 30.7 Å². The van der Waals surface area contributed by atoms with Crippen molar-refractivity contribution >= 4 is 27.5 Å². The maximum Gasteiger partial charge on any atom is 0.262 e. The molecule has 1 aliphatic rings. The molecule has 1 N–H and O–H groups in total. The summed E-state index contributed by atoms with van der Waals surface area (Å²) in [5.41, 5.74) is 2.04. The molecule has 0 bridgehead atoms. The van der Waals surface area contributed by atoms with Gasteiger partial charge in [-0.3, -0.25) is 14.2 Å². The van der Waals surface area contributed by atoms with Crippen molar-refractivity contribution in [1.29, 1.82) is 0 Å². The Balaban J connectivity index is 1.20. The van der Waals surface area contributed by atoms with Gasteiger partial charge in [-0.25, -0.2) is 14.6 Å². The average Bonchev–Trinajstić information content (AvgIpc) is 3.46. The fourth-order valence-electron chi connectivity index (χ4n) is 3.91. The van der Waals surface area contributed by atoms with Crippen LogP contribution in [0.3, 0.4) is 0 Å². The molecule has 9 heteroatoms. The molecule has 0 aliphatic heterocycles. The van der Waals surface area contributed by atoms with E-state index in [1.165, 1.54) is 16.9 Å². The number of carbonyl (C=O) groups is 1. The molecule has 0 aromatic carbocycles. The molecule has 0 saturated carbocycles. The second kappa shape index (κ2) is 8.43. The summed E-state index contributed by atoms with van der Waals surface area (Å²) in [5.74, 6) is 0.605. The van der Waals surface area contributed by atoms with Crippen LogP contribution in [0.25, 0.3) is 16.0 Å². The summed E-state index contributed by atoms with van der Waals surface area (Å²) in [6.07, 6.45) is 11.3. The second-order valence-corrected chi connectivity index (χ2v) is 8.72. The van der Waals surface area contributed by atoms with Crippen molar-refractivity contribution in [2.45, 2.75) is 45.2 Å². The second-order valence-electron chi connectivity index (χ2n) is 7.64. The number of hydrogen-bond donors (Lipinski definition) is 1. The predicted molar refractivity (Wildman–Crippen MR) is 118 cm³/mol. The van der Waals surface area contributed by atoms with E-state index in [1.807, 2.05) is 24.4 Å². The highest BCUT2D eigenvalue weighted by atomic mass is 32.1. The van der Waals surface area contributed by atoms with Gasteiger partial charge >= 0.3 is 0 Å². The minimum Gasteiger partial charge on any atom is -0.352 e. The number of nitrogens with zero attached hydrogens (tertiary/aromatic N) is 5. The summed E-state index contributed by atoms with van der Waals surface area (Å²) in [6, 6.07) is 5.60. The van der Waals surface area contributed by atoms with Gasteiger partial charge in [-0.1, -0.05) is 6.07 Å². The SMILES string of the molecule is O=C(CCn1cnc2sc3c(c2c1=O)CCCC3)NCc1ccc(-n2cccn2)nc1. The Morgan fingerprint density at radius 2 is 2.10 bits per heavy atom. The minimum absolute atomic E-state index is 0.0318. The molecule has 0 fully saturated rings. The third-order valence-corrected chi connectivity index (χ3v) is 6.76. The molecule has 0 saturated heterocycles. The largest absolute Gasteiger partial charge is 0.352 e. The summed E-state index contributed by atoms with van der Waals surface area (Å²) < 4.78 is 3.24. The molecular weight excluding hydrogens is 412 g/mol. The van der Waals surface area contributed by atoms with Crippen LogP contribution in [0.4, 0.5) is 0 Å². The topological polar surface area (TPSA) is 94.7 Å². The Morgan fingerprint density at radius 3 is 2.90 bits per heavy atom. The first kappa shape index (κ1) is 19.6. The smallest absolute Gasteiger partial charge is 0.262 e. The lowest BCUT2D eigenvalue weighted by atomic mass is 9.97. The van der Waals surface area contributed by atoms with Crippen molar-refractivity contribution in [3.05, 3.63) is 69.5 Å². The highest BCUT2D eigenvalue weighted by Crippen LogP contribution is 2.33. The molecule has 0 spiro atoms. The van der Waals surface area contributed by atoms with Crippen LogP contribution in [0.2, 0.25) is 0 Å². The lowest BCUT2D eigenvalue weighted by Crippen LogP contribution is -2.27. The van der Waals surface area contributed by atoms with E-state index in [9.17, 15) is 9.59 Å². The van der Waals surface area contributed by atoms with Crippen molar-refractivity contribution in [3.8, 4) is 5.82 Å². The quantitative estimate of drug-likeness (QED) is 0.503. The lowest BCUT2D eigenvalue weighted by Gasteiger charge is -2.10. The van der Waals surface area contributed by atoms with Crippen LogP contribution in [0.5, 0.6) is 0 Å². The van der Waals surface area contributed by atoms with E-state index >= 15 is 0 Å². The molecule has 1 aliphatic carbocycles. The molecule has 5 rings (SSSR count). The number of rotatable bonds is 6. The fourth-order valence-corrected chi connectivity index (χ4v) is 5.13. The average molecular weight is 435 g/mol. The molecule has 0 radical (unpaired) electrons. The third-order valence-electron chi connectivity index (χ3n) is 5.56. The standard InChI is InChI=1S/C22H22N6O2S/c29-19(24-13-15-6-7-18(23-12-15)28-10-3-9-26-28)8-11-27-14-25-21-20(22(27)30)16-4-1-2-5-17(16)31-21/h3,6-7,9-10,12,14H,1-2,4-5,8,11,13H2,(H,24,29). The maximum absolute atomic E-state index is 13.0. The Labute approximate surface area is 182 Å². The summed E-state index contributed by atoms with van der Waals surface area (Å²) in [5, 5.41) is 7.79. The van der Waals surface area contributed by atoms with Gasteiger partial charge in [-0.05, 0) is 48.9 Å². The van der Waals surface area contributed by atoms with Gasteiger partial charge in [0.2, 0.25) is 5.91 Å². The Bertz CT molecular complexity index is 1270. The number of thiophene rings is 1. The van der Waals surface area contributed by atoms with Crippen LogP contribution >= 0.6 is 11.3 Å². The molecule has 0 unspecified atom stereocenters. The van der Waals surface area contributed by atoms with Gasteiger partial charge < -0.3 is 5.32 Å². The van der Waals surface area contributed by atoms with Crippen LogP contribution in [0, 0.1) is 0 Å². The van der Waals surface area contributed by atoms with E-state index < -0.39 is 0 Å². The van der Waals surface area contributed by atoms with Crippen LogP contribution < -0.4 is 10.9 Å². The van der Waals surface area contributed by atoms with E-state index in [1.54, 1.807) is 39.3 Å². The number of nitrogens with one attached hydrogen (secondary N) is 1. The number of aryl methyl sites for hydroxylation is 3. The Morgan fingerprint density at radius 1 is 1.19 bits per heavy atom. The van der Waals surface area contributed by atoms with Crippen molar-refractivity contribution in [2.75, 3.05) is 0 Å². The lowest BCUT2D eigenvalue weighted by molar-refractivity contribution is -0.121. The number of amides is 1. The van der Waals surface area contributed by atoms with Gasteiger partial charge in [0, 0.05) is 43.0 Å². The molecule has 0 atom stereocenters. The van der Waals surface area contributed by atoms with Crippen LogP contribution in [0.1, 0.15) is 35.3 Å². The predicted octanol–water partition coefficient (Wildman–Crippen LogP) is 2.62. The number of pyridine rings is 1. The van der Waals surface area contributed by atoms with E-state index in [0.717, 1.165) is 40.9 Å². The molecule has 8 nitrogen and oxygen atoms in total. The Hall–Kier alpha value is -3.33. The highest BCUT2D eigenvalue weighted by molar-refractivity contribution is 7.18. The minimum atomic E-state index is -0.115. The monoisotopic (exact) mass is 434 g/mol. The van der Waals surface area contributed by atoms with Gasteiger partial charge in [0.25, 0.3) is 5.56 Å². The zero-order valence-corrected chi connectivity index (χ0v) is 17.8. The number of aromatic nitrogens is 5. The molecule has 4 heterocycles. The van der Waals surface area contributed by atoms with E-state index in [0.29, 0.717) is 13.1 Å². The number of carbonyl (C=O) groups excluding carboxylic acids is 1. The van der Waals surface area contributed by atoms with Gasteiger partial charge in [0.1, 0.15) is 4.83 Å². The van der Waals surface area contributed by atoms with Gasteiger partial charge in [-0.15, -0.1) is 11.3 Å². The zero-order valence-electron chi connectivity index (χ0n) is 17.0. The normalized spacial score (nSPS) is 13.3. The first-order chi connectivity index (χ1) is 15.2. The van der Waals surface area contributed by atoms with Crippen LogP contribution in [-0.4, -0.2) is 30.2 Å². The summed E-state index contributed by atoms with van der Waals surface area (Å²) in [4.78, 5) is 36.3. The molecule has 1 amide bonds. The molecule has 31 heavy (non-hydrogen) atoms.